The minimum absolute atomic E-state index is 0.0168. The van der Waals surface area contributed by atoms with Gasteiger partial charge in [-0.2, -0.15) is 0 Å². The van der Waals surface area contributed by atoms with Crippen LogP contribution in [0.4, 0.5) is 0 Å². The summed E-state index contributed by atoms with van der Waals surface area (Å²) in [4.78, 5) is 2.33. The van der Waals surface area contributed by atoms with Gasteiger partial charge in [0.15, 0.2) is 0 Å². The first-order chi connectivity index (χ1) is 15.6. The van der Waals surface area contributed by atoms with Crippen LogP contribution in [0.2, 0.25) is 0 Å². The topological polar surface area (TPSA) is 49.9 Å². The largest absolute Gasteiger partial charge is 0.494 e. The van der Waals surface area contributed by atoms with Gasteiger partial charge >= 0.3 is 0 Å². The predicted octanol–water partition coefficient (Wildman–Crippen LogP) is 5.27. The first kappa shape index (κ1) is 27.1. The van der Waals surface area contributed by atoms with Gasteiger partial charge in [0.1, 0.15) is 9.96 Å². The van der Waals surface area contributed by atoms with Crippen LogP contribution in [0.15, 0.2) is 58.1 Å². The highest BCUT2D eigenvalue weighted by molar-refractivity contribution is 7.91. The molecule has 0 radical (unpaired) electrons. The lowest BCUT2D eigenvalue weighted by molar-refractivity contribution is 0.293. The van der Waals surface area contributed by atoms with E-state index in [0.717, 1.165) is 25.4 Å². The number of rotatable bonds is 12. The van der Waals surface area contributed by atoms with E-state index < -0.39 is 10.0 Å². The summed E-state index contributed by atoms with van der Waals surface area (Å²) in [5.41, 5.74) is 1.20. The Hall–Kier alpha value is -2.11. The van der Waals surface area contributed by atoms with Gasteiger partial charge in [-0.05, 0) is 69.0 Å². The van der Waals surface area contributed by atoms with Crippen molar-refractivity contribution in [2.24, 2.45) is 5.41 Å². The molecule has 0 fully saturated rings. The van der Waals surface area contributed by atoms with Crippen molar-refractivity contribution < 1.29 is 13.2 Å². The molecule has 2 rings (SSSR count). The molecular weight excluding hydrogens is 452 g/mol. The summed E-state index contributed by atoms with van der Waals surface area (Å²) in [5, 5.41) is 1.77. The lowest BCUT2D eigenvalue weighted by Crippen LogP contribution is -2.28. The number of thiophene rings is 1. The first-order valence-electron chi connectivity index (χ1n) is 11.2. The zero-order valence-electron chi connectivity index (χ0n) is 20.4. The Morgan fingerprint density at radius 2 is 1.97 bits per heavy atom. The number of nitrogens with zero attached hydrogens (tertiary/aromatic N) is 2. The van der Waals surface area contributed by atoms with Crippen LogP contribution in [0.1, 0.15) is 39.7 Å². The van der Waals surface area contributed by atoms with E-state index in [1.165, 1.54) is 21.2 Å². The van der Waals surface area contributed by atoms with Crippen molar-refractivity contribution in [1.29, 1.82) is 0 Å². The van der Waals surface area contributed by atoms with Crippen molar-refractivity contribution >= 4 is 21.4 Å². The zero-order valence-corrected chi connectivity index (χ0v) is 22.0. The maximum absolute atomic E-state index is 12.5. The van der Waals surface area contributed by atoms with E-state index in [0.29, 0.717) is 23.8 Å². The van der Waals surface area contributed by atoms with Gasteiger partial charge in [0.25, 0.3) is 10.0 Å². The summed E-state index contributed by atoms with van der Waals surface area (Å²) < 4.78 is 32.6. The van der Waals surface area contributed by atoms with Crippen LogP contribution in [0.3, 0.4) is 0 Å². The molecule has 180 valence electrons. The maximum Gasteiger partial charge on any atom is 0.252 e. The van der Waals surface area contributed by atoms with Crippen molar-refractivity contribution in [3.8, 4) is 17.6 Å². The summed E-state index contributed by atoms with van der Waals surface area (Å²) in [6.07, 6.45) is 4.65. The quantitative estimate of drug-likeness (QED) is 0.302. The van der Waals surface area contributed by atoms with Crippen molar-refractivity contribution in [3.63, 3.8) is 0 Å². The van der Waals surface area contributed by atoms with E-state index in [-0.39, 0.29) is 5.41 Å². The molecule has 7 heteroatoms. The van der Waals surface area contributed by atoms with Gasteiger partial charge in [-0.25, -0.2) is 12.7 Å². The molecule has 0 bridgehead atoms. The van der Waals surface area contributed by atoms with E-state index in [4.69, 9.17) is 4.74 Å². The molecule has 0 aliphatic heterocycles. The van der Waals surface area contributed by atoms with Gasteiger partial charge in [0.05, 0.1) is 6.61 Å². The molecule has 5 nitrogen and oxygen atoms in total. The highest BCUT2D eigenvalue weighted by atomic mass is 32.2. The van der Waals surface area contributed by atoms with E-state index >= 15 is 0 Å². The molecule has 0 spiro atoms. The fraction of sp³-hybridized carbons (Fsp3) is 0.462. The van der Waals surface area contributed by atoms with Crippen LogP contribution in [0, 0.1) is 17.3 Å². The lowest BCUT2D eigenvalue weighted by Gasteiger charge is -2.19. The smallest absolute Gasteiger partial charge is 0.252 e. The number of hydrogen-bond acceptors (Lipinski definition) is 5. The van der Waals surface area contributed by atoms with Crippen LogP contribution in [0.25, 0.3) is 0 Å². The van der Waals surface area contributed by atoms with Gasteiger partial charge < -0.3 is 4.74 Å². The molecule has 1 aromatic heterocycles. The Morgan fingerprint density at radius 3 is 2.64 bits per heavy atom. The van der Waals surface area contributed by atoms with E-state index in [1.807, 2.05) is 18.2 Å². The van der Waals surface area contributed by atoms with Crippen LogP contribution in [-0.2, 0) is 16.6 Å². The Balaban J connectivity index is 1.81. The van der Waals surface area contributed by atoms with Crippen molar-refractivity contribution in [1.82, 2.24) is 9.21 Å². The second-order valence-corrected chi connectivity index (χ2v) is 12.1. The minimum atomic E-state index is -3.41. The molecular formula is C26H36N2O3S2. The van der Waals surface area contributed by atoms with E-state index in [1.54, 1.807) is 24.6 Å². The first-order valence-corrected chi connectivity index (χ1v) is 13.6. The molecule has 0 saturated carbocycles. The second kappa shape index (κ2) is 13.0. The molecule has 0 aliphatic carbocycles. The number of allylic oxidation sites excluding steroid dienone is 1. The highest BCUT2D eigenvalue weighted by Gasteiger charge is 2.21. The van der Waals surface area contributed by atoms with Crippen LogP contribution >= 0.6 is 11.3 Å². The van der Waals surface area contributed by atoms with Crippen molar-refractivity contribution in [2.75, 3.05) is 33.3 Å². The van der Waals surface area contributed by atoms with E-state index in [9.17, 15) is 8.42 Å². The molecule has 0 N–H and O–H groups in total. The summed E-state index contributed by atoms with van der Waals surface area (Å²) in [5.74, 6) is 7.13. The van der Waals surface area contributed by atoms with Crippen LogP contribution in [0.5, 0.6) is 5.75 Å². The molecule has 33 heavy (non-hydrogen) atoms. The summed E-state index contributed by atoms with van der Waals surface area (Å²) in [6, 6.07) is 11.5. The molecule has 0 aliphatic rings. The average Bonchev–Trinajstić information content (AvgIpc) is 3.31. The fourth-order valence-electron chi connectivity index (χ4n) is 2.98. The normalized spacial score (nSPS) is 12.3. The van der Waals surface area contributed by atoms with Crippen molar-refractivity contribution in [2.45, 2.75) is 44.9 Å². The molecule has 0 atom stereocenters. The maximum atomic E-state index is 12.5. The third-order valence-electron chi connectivity index (χ3n) is 4.81. The Kier molecular flexibility index (Phi) is 10.6. The van der Waals surface area contributed by atoms with Gasteiger partial charge in [0.2, 0.25) is 0 Å². The monoisotopic (exact) mass is 488 g/mol. The SMILES string of the molecule is CCN(C/C=C/C#CC(C)(C)C)Cc1cccc(OCCCN(C)S(=O)(=O)c2cccs2)c1. The van der Waals surface area contributed by atoms with Gasteiger partial charge in [0, 0.05) is 32.1 Å². The minimum Gasteiger partial charge on any atom is -0.494 e. The predicted molar refractivity (Wildman–Crippen MR) is 138 cm³/mol. The summed E-state index contributed by atoms with van der Waals surface area (Å²) >= 11 is 1.23. The summed E-state index contributed by atoms with van der Waals surface area (Å²) in [6.45, 7) is 11.9. The van der Waals surface area contributed by atoms with E-state index in [2.05, 4.69) is 62.6 Å². The average molecular weight is 489 g/mol. The molecule has 0 saturated heterocycles. The van der Waals surface area contributed by atoms with Crippen LogP contribution in [-0.4, -0.2) is 50.9 Å². The molecule has 2 aromatic rings. The Bertz CT molecular complexity index is 1040. The third kappa shape index (κ3) is 9.73. The standard InChI is InChI=1S/C26H36N2O3S2/c1-6-28(18-9-7-8-16-26(2,3)4)22-23-13-10-14-24(21-23)31-19-12-17-27(5)33(29,30)25-15-11-20-32-25/h7,9-11,13-15,20-21H,6,12,17-19,22H2,1-5H3/b9-7+. The van der Waals surface area contributed by atoms with Gasteiger partial charge in [-0.15, -0.1) is 11.3 Å². The summed E-state index contributed by atoms with van der Waals surface area (Å²) in [7, 11) is -1.80. The van der Waals surface area contributed by atoms with Gasteiger partial charge in [-0.1, -0.05) is 43.0 Å². The Morgan fingerprint density at radius 1 is 1.18 bits per heavy atom. The van der Waals surface area contributed by atoms with Crippen molar-refractivity contribution in [3.05, 3.63) is 59.5 Å². The number of hydrogen-bond donors (Lipinski definition) is 0. The molecule has 1 heterocycles. The number of sulfonamides is 1. The number of benzene rings is 1. The zero-order chi connectivity index (χ0) is 24.3. The number of ether oxygens (including phenoxy) is 1. The van der Waals surface area contributed by atoms with Gasteiger partial charge in [-0.3, -0.25) is 4.90 Å². The highest BCUT2D eigenvalue weighted by Crippen LogP contribution is 2.20. The lowest BCUT2D eigenvalue weighted by atomic mass is 9.98. The van der Waals surface area contributed by atoms with Crippen LogP contribution < -0.4 is 4.74 Å². The molecule has 1 aromatic carbocycles. The number of likely N-dealkylation sites (N-methyl/N-ethyl adjacent to an activating group) is 1. The third-order valence-corrected chi connectivity index (χ3v) is 8.04. The fourth-order valence-corrected chi connectivity index (χ4v) is 5.39. The second-order valence-electron chi connectivity index (χ2n) is 8.86. The molecule has 0 unspecified atom stereocenters. The Labute approximate surface area is 204 Å². The molecule has 0 amide bonds.